The number of carbonyl (C=O) groups excluding carboxylic acids is 1. The minimum atomic E-state index is -1.43. The number of halogens is 2. The molecule has 0 radical (unpaired) electrons. The number of aromatic carboxylic acids is 1. The van der Waals surface area contributed by atoms with Crippen molar-refractivity contribution in [2.75, 3.05) is 0 Å². The standard InChI is InChI=1S/C19H12F2N4O3.2Na/c1-9-17(12-4-3-11(20)6-13(12)21)18-23-15(7-16(26)25(18)24-9)10-2-5-14(19(27)28)22-8-10;;/h2-8,26H,1H3,(H,27,28);;/q;2*+1/p-2. The fourth-order valence-electron chi connectivity index (χ4n) is 2.92. The molecule has 0 saturated carbocycles. The zero-order valence-corrected chi connectivity index (χ0v) is 20.3. The van der Waals surface area contributed by atoms with E-state index in [4.69, 9.17) is 0 Å². The van der Waals surface area contributed by atoms with Crippen LogP contribution in [0.1, 0.15) is 16.2 Å². The molecule has 0 aliphatic rings. The third-order valence-corrected chi connectivity index (χ3v) is 4.20. The second-order valence-electron chi connectivity index (χ2n) is 6.02. The van der Waals surface area contributed by atoms with E-state index in [1.165, 1.54) is 30.5 Å². The molecule has 4 aromatic rings. The topological polar surface area (TPSA) is 106 Å². The number of hydrogen-bond donors (Lipinski definition) is 0. The molecule has 140 valence electrons. The first-order valence-corrected chi connectivity index (χ1v) is 8.05. The van der Waals surface area contributed by atoms with Crippen LogP contribution in [-0.2, 0) is 0 Å². The number of carboxylic acids is 1. The van der Waals surface area contributed by atoms with Crippen LogP contribution in [0.15, 0.2) is 42.6 Å². The summed E-state index contributed by atoms with van der Waals surface area (Å²) < 4.78 is 28.6. The van der Waals surface area contributed by atoms with Gasteiger partial charge in [0.2, 0.25) is 0 Å². The van der Waals surface area contributed by atoms with Gasteiger partial charge in [-0.05, 0) is 43.1 Å². The molecule has 0 fully saturated rings. The second kappa shape index (κ2) is 9.51. The fourth-order valence-corrected chi connectivity index (χ4v) is 2.92. The molecule has 30 heavy (non-hydrogen) atoms. The maximum atomic E-state index is 14.3. The summed E-state index contributed by atoms with van der Waals surface area (Å²) >= 11 is 0. The van der Waals surface area contributed by atoms with Crippen LogP contribution >= 0.6 is 0 Å². The largest absolute Gasteiger partial charge is 1.00 e. The van der Waals surface area contributed by atoms with Crippen molar-refractivity contribution in [3.8, 4) is 28.3 Å². The monoisotopic (exact) mass is 426 g/mol. The molecule has 0 spiro atoms. The second-order valence-corrected chi connectivity index (χ2v) is 6.02. The number of pyridine rings is 1. The molecule has 7 nitrogen and oxygen atoms in total. The molecule has 11 heteroatoms. The number of nitrogens with zero attached hydrogens (tertiary/aromatic N) is 4. The Bertz CT molecular complexity index is 1250. The molecular formula is C19H10F2N4Na2O3. The van der Waals surface area contributed by atoms with Gasteiger partial charge in [0.1, 0.15) is 11.6 Å². The van der Waals surface area contributed by atoms with Gasteiger partial charge in [0.05, 0.1) is 28.6 Å². The van der Waals surface area contributed by atoms with E-state index in [0.29, 0.717) is 11.3 Å². The van der Waals surface area contributed by atoms with Crippen LogP contribution in [0.3, 0.4) is 0 Å². The van der Waals surface area contributed by atoms with Gasteiger partial charge in [-0.25, -0.2) is 18.3 Å². The number of carboxylic acid groups (broad SMARTS) is 1. The van der Waals surface area contributed by atoms with Gasteiger partial charge >= 0.3 is 59.1 Å². The Morgan fingerprint density at radius 2 is 1.83 bits per heavy atom. The van der Waals surface area contributed by atoms with Crippen molar-refractivity contribution >= 4 is 11.6 Å². The molecule has 0 atom stereocenters. The maximum absolute atomic E-state index is 14.3. The van der Waals surface area contributed by atoms with E-state index < -0.39 is 23.5 Å². The number of benzene rings is 1. The summed E-state index contributed by atoms with van der Waals surface area (Å²) in [7, 11) is 0. The molecule has 0 N–H and O–H groups in total. The number of hydrogen-bond acceptors (Lipinski definition) is 6. The Morgan fingerprint density at radius 1 is 1.10 bits per heavy atom. The number of carbonyl (C=O) groups is 1. The van der Waals surface area contributed by atoms with E-state index in [9.17, 15) is 23.8 Å². The predicted octanol–water partition coefficient (Wildman–Crippen LogP) is -4.51. The van der Waals surface area contributed by atoms with E-state index in [-0.39, 0.29) is 87.3 Å². The number of fused-ring (bicyclic) bond motifs is 1. The van der Waals surface area contributed by atoms with Crippen molar-refractivity contribution in [2.45, 2.75) is 6.92 Å². The van der Waals surface area contributed by atoms with E-state index in [2.05, 4.69) is 15.1 Å². The van der Waals surface area contributed by atoms with Gasteiger partial charge in [-0.3, -0.25) is 4.98 Å². The molecule has 0 bridgehead atoms. The van der Waals surface area contributed by atoms with Gasteiger partial charge in [0.25, 0.3) is 0 Å². The summed E-state index contributed by atoms with van der Waals surface area (Å²) in [6.07, 6.45) is 1.24. The summed E-state index contributed by atoms with van der Waals surface area (Å²) in [5, 5.41) is 27.4. The fraction of sp³-hybridized carbons (Fsp3) is 0.0526. The van der Waals surface area contributed by atoms with Gasteiger partial charge < -0.3 is 15.0 Å². The SMILES string of the molecule is Cc1nn2c([O-])cc(-c3ccc(C(=O)[O-])nc3)nc2c1-c1ccc(F)cc1F.[Na+].[Na+]. The average molecular weight is 426 g/mol. The van der Waals surface area contributed by atoms with Crippen molar-refractivity contribution in [1.82, 2.24) is 19.6 Å². The normalized spacial score (nSPS) is 10.4. The van der Waals surface area contributed by atoms with Crippen molar-refractivity contribution in [3.63, 3.8) is 0 Å². The summed E-state index contributed by atoms with van der Waals surface area (Å²) in [4.78, 5) is 18.9. The Morgan fingerprint density at radius 3 is 2.43 bits per heavy atom. The van der Waals surface area contributed by atoms with Crippen molar-refractivity contribution in [3.05, 3.63) is 65.6 Å². The zero-order chi connectivity index (χ0) is 20.0. The first-order chi connectivity index (χ1) is 13.3. The van der Waals surface area contributed by atoms with Gasteiger partial charge in [0, 0.05) is 23.4 Å². The summed E-state index contributed by atoms with van der Waals surface area (Å²) in [5.41, 5.74) is 1.08. The molecule has 0 amide bonds. The van der Waals surface area contributed by atoms with Crippen molar-refractivity contribution in [1.29, 1.82) is 0 Å². The molecule has 0 aliphatic heterocycles. The van der Waals surface area contributed by atoms with Gasteiger partial charge in [-0.1, -0.05) is 0 Å². The summed E-state index contributed by atoms with van der Waals surface area (Å²) in [5.74, 6) is -3.48. The third-order valence-electron chi connectivity index (χ3n) is 4.20. The Kier molecular flexibility index (Phi) is 7.73. The first-order valence-electron chi connectivity index (χ1n) is 8.05. The zero-order valence-electron chi connectivity index (χ0n) is 16.3. The molecule has 3 aromatic heterocycles. The van der Waals surface area contributed by atoms with E-state index in [1.807, 2.05) is 0 Å². The minimum absolute atomic E-state index is 0. The van der Waals surface area contributed by atoms with Crippen LogP contribution in [0.2, 0.25) is 0 Å². The summed E-state index contributed by atoms with van der Waals surface area (Å²) in [6.45, 7) is 1.59. The first kappa shape index (κ1) is 24.4. The Balaban J connectivity index is 0.00000160. The van der Waals surface area contributed by atoms with E-state index in [0.717, 1.165) is 16.6 Å². The van der Waals surface area contributed by atoms with Crippen LogP contribution in [0.4, 0.5) is 8.78 Å². The number of aryl methyl sites for hydroxylation is 1. The van der Waals surface area contributed by atoms with Crippen LogP contribution < -0.4 is 69.3 Å². The van der Waals surface area contributed by atoms with E-state index in [1.54, 1.807) is 6.92 Å². The number of rotatable bonds is 3. The molecule has 4 rings (SSSR count). The maximum Gasteiger partial charge on any atom is 1.00 e. The van der Waals surface area contributed by atoms with Crippen LogP contribution in [0.5, 0.6) is 5.88 Å². The van der Waals surface area contributed by atoms with Gasteiger partial charge in [-0.2, -0.15) is 5.10 Å². The molecular weight excluding hydrogens is 416 g/mol. The predicted molar refractivity (Wildman–Crippen MR) is 90.1 cm³/mol. The van der Waals surface area contributed by atoms with Crippen LogP contribution in [0, 0.1) is 18.6 Å². The third kappa shape index (κ3) is 4.41. The average Bonchev–Trinajstić information content (AvgIpc) is 2.98. The minimum Gasteiger partial charge on any atom is -0.858 e. The molecule has 0 saturated heterocycles. The summed E-state index contributed by atoms with van der Waals surface area (Å²) in [6, 6.07) is 6.96. The quantitative estimate of drug-likeness (QED) is 0.306. The molecule has 0 aliphatic carbocycles. The number of aromatic nitrogens is 4. The van der Waals surface area contributed by atoms with Gasteiger partial charge in [-0.15, -0.1) is 0 Å². The van der Waals surface area contributed by atoms with Crippen molar-refractivity contribution < 1.29 is 82.9 Å². The Hall–Kier alpha value is -1.88. The van der Waals surface area contributed by atoms with Gasteiger partial charge in [0.15, 0.2) is 5.65 Å². The smallest absolute Gasteiger partial charge is 0.858 e. The van der Waals surface area contributed by atoms with Crippen molar-refractivity contribution in [2.24, 2.45) is 0 Å². The molecule has 0 unspecified atom stereocenters. The Labute approximate surface area is 213 Å². The molecule has 3 heterocycles. The van der Waals surface area contributed by atoms with Crippen LogP contribution in [-0.4, -0.2) is 25.6 Å². The molecule has 1 aromatic carbocycles. The van der Waals surface area contributed by atoms with Crippen LogP contribution in [0.25, 0.3) is 28.0 Å². The van der Waals surface area contributed by atoms with E-state index >= 15 is 0 Å².